The van der Waals surface area contributed by atoms with Crippen LogP contribution in [0.25, 0.3) is 11.1 Å². The molecule has 2 unspecified atom stereocenters. The molecule has 8 nitrogen and oxygen atoms in total. The molecule has 0 bridgehead atoms. The molecule has 1 aliphatic carbocycles. The topological polar surface area (TPSA) is 114 Å². The number of aryl methyl sites for hydroxylation is 1. The van der Waals surface area contributed by atoms with E-state index in [-0.39, 0.29) is 5.88 Å². The molecular formula is C27H31N3O5. The molecule has 1 fully saturated rings. The molecule has 1 amide bonds. The first-order chi connectivity index (χ1) is 16.9. The highest BCUT2D eigenvalue weighted by Crippen LogP contribution is 2.34. The van der Waals surface area contributed by atoms with Crippen molar-refractivity contribution < 1.29 is 24.0 Å². The maximum absolute atomic E-state index is 12.5. The summed E-state index contributed by atoms with van der Waals surface area (Å²) in [6.07, 6.45) is 2.98. The van der Waals surface area contributed by atoms with E-state index in [9.17, 15) is 14.7 Å². The number of benzene rings is 2. The third-order valence-electron chi connectivity index (χ3n) is 6.28. The lowest BCUT2D eigenvalue weighted by molar-refractivity contribution is -0.139. The molecule has 1 saturated carbocycles. The first kappa shape index (κ1) is 24.5. The molecule has 0 aliphatic heterocycles. The van der Waals surface area contributed by atoms with Crippen LogP contribution in [-0.4, -0.2) is 28.4 Å². The minimum absolute atomic E-state index is 0.213. The third-order valence-corrected chi connectivity index (χ3v) is 6.28. The van der Waals surface area contributed by atoms with Gasteiger partial charge in [-0.15, -0.1) is 0 Å². The van der Waals surface area contributed by atoms with Gasteiger partial charge in [-0.3, -0.25) is 10.1 Å². The maximum atomic E-state index is 12.5. The molecule has 184 valence electrons. The Labute approximate surface area is 204 Å². The quantitative estimate of drug-likeness (QED) is 0.325. The number of carboxylic acids is 1. The van der Waals surface area contributed by atoms with Crippen molar-refractivity contribution in [3.8, 4) is 11.1 Å². The Hall–Kier alpha value is -3.65. The van der Waals surface area contributed by atoms with Crippen molar-refractivity contribution in [2.45, 2.75) is 58.2 Å². The van der Waals surface area contributed by atoms with Crippen molar-refractivity contribution in [3.63, 3.8) is 0 Å². The highest BCUT2D eigenvalue weighted by atomic mass is 16.6. The second-order valence-electron chi connectivity index (χ2n) is 9.04. The number of aromatic nitrogens is 1. The number of carboxylic acid groups (broad SMARTS) is 1. The molecule has 1 aromatic heterocycles. The molecule has 35 heavy (non-hydrogen) atoms. The van der Waals surface area contributed by atoms with Crippen molar-refractivity contribution in [3.05, 3.63) is 71.4 Å². The second-order valence-corrected chi connectivity index (χ2v) is 9.04. The molecule has 4 rings (SSSR count). The lowest BCUT2D eigenvalue weighted by atomic mass is 10.0. The van der Waals surface area contributed by atoms with Crippen molar-refractivity contribution >= 4 is 17.9 Å². The fourth-order valence-corrected chi connectivity index (χ4v) is 4.02. The highest BCUT2D eigenvalue weighted by molar-refractivity contribution is 5.89. The number of nitrogens with one attached hydrogen (secondary N) is 2. The van der Waals surface area contributed by atoms with Gasteiger partial charge in [0.15, 0.2) is 0 Å². The largest absolute Gasteiger partial charge is 0.480 e. The molecule has 3 N–H and O–H groups in total. The first-order valence-corrected chi connectivity index (χ1v) is 11.9. The SMILES string of the molecule is Cc1noc(NC(=O)OC(C)c2ccccc2)c1-c1ccc(CNC(CCC2CC2)C(=O)O)cc1. The van der Waals surface area contributed by atoms with E-state index >= 15 is 0 Å². The molecular weight excluding hydrogens is 446 g/mol. The molecule has 2 aromatic carbocycles. The van der Waals surface area contributed by atoms with Crippen LogP contribution in [-0.2, 0) is 16.1 Å². The van der Waals surface area contributed by atoms with Crippen molar-refractivity contribution in [2.75, 3.05) is 5.32 Å². The molecule has 0 radical (unpaired) electrons. The van der Waals surface area contributed by atoms with Crippen LogP contribution >= 0.6 is 0 Å². The smallest absolute Gasteiger partial charge is 0.414 e. The fraction of sp³-hybridized carbons (Fsp3) is 0.370. The van der Waals surface area contributed by atoms with Crippen LogP contribution in [0, 0.1) is 12.8 Å². The number of hydrogen-bond acceptors (Lipinski definition) is 6. The lowest BCUT2D eigenvalue weighted by Gasteiger charge is -2.15. The molecule has 0 spiro atoms. The highest BCUT2D eigenvalue weighted by Gasteiger charge is 2.25. The number of ether oxygens (including phenoxy) is 1. The van der Waals surface area contributed by atoms with Gasteiger partial charge >= 0.3 is 12.1 Å². The van der Waals surface area contributed by atoms with Gasteiger partial charge in [0.1, 0.15) is 12.1 Å². The summed E-state index contributed by atoms with van der Waals surface area (Å²) in [6.45, 7) is 4.06. The van der Waals surface area contributed by atoms with E-state index in [1.165, 1.54) is 12.8 Å². The van der Waals surface area contributed by atoms with Crippen molar-refractivity contribution in [1.29, 1.82) is 0 Å². The van der Waals surface area contributed by atoms with Gasteiger partial charge in [0.2, 0.25) is 5.88 Å². The Morgan fingerprint density at radius 2 is 1.86 bits per heavy atom. The van der Waals surface area contributed by atoms with E-state index in [4.69, 9.17) is 9.26 Å². The fourth-order valence-electron chi connectivity index (χ4n) is 4.02. The number of nitrogens with zero attached hydrogens (tertiary/aromatic N) is 1. The van der Waals surface area contributed by atoms with Gasteiger partial charge in [0.05, 0.1) is 11.3 Å². The minimum atomic E-state index is -0.813. The van der Waals surface area contributed by atoms with Gasteiger partial charge in [0.25, 0.3) is 0 Å². The predicted molar refractivity (Wildman–Crippen MR) is 132 cm³/mol. The third kappa shape index (κ3) is 6.70. The minimum Gasteiger partial charge on any atom is -0.480 e. The summed E-state index contributed by atoms with van der Waals surface area (Å²) in [5, 5.41) is 19.3. The summed E-state index contributed by atoms with van der Waals surface area (Å²) in [7, 11) is 0. The van der Waals surface area contributed by atoms with E-state index in [0.717, 1.165) is 23.1 Å². The Balaban J connectivity index is 1.37. The second kappa shape index (κ2) is 11.2. The summed E-state index contributed by atoms with van der Waals surface area (Å²) in [4.78, 5) is 24.0. The van der Waals surface area contributed by atoms with Crippen LogP contribution in [0.1, 0.15) is 55.5 Å². The van der Waals surface area contributed by atoms with Crippen LogP contribution in [0.4, 0.5) is 10.7 Å². The van der Waals surface area contributed by atoms with Crippen molar-refractivity contribution in [1.82, 2.24) is 10.5 Å². The van der Waals surface area contributed by atoms with Crippen LogP contribution in [0.15, 0.2) is 59.1 Å². The van der Waals surface area contributed by atoms with Crippen LogP contribution < -0.4 is 10.6 Å². The van der Waals surface area contributed by atoms with Gasteiger partial charge in [-0.1, -0.05) is 72.6 Å². The number of aliphatic carboxylic acids is 1. The standard InChI is InChI=1S/C27H31N3O5/c1-17-24(25(35-30-17)29-27(33)34-18(2)21-6-4-3-5-7-21)22-13-10-20(11-14-22)16-28-23(26(31)32)15-12-19-8-9-19/h3-7,10-11,13-14,18-19,23,28H,8-9,12,15-16H2,1-2H3,(H,29,33)(H,31,32). The van der Waals surface area contributed by atoms with Gasteiger partial charge in [-0.2, -0.15) is 0 Å². The molecule has 3 aromatic rings. The Bertz CT molecular complexity index is 1140. The molecule has 0 saturated heterocycles. The lowest BCUT2D eigenvalue weighted by Crippen LogP contribution is -2.36. The Kier molecular flexibility index (Phi) is 7.82. The van der Waals surface area contributed by atoms with Crippen LogP contribution in [0.5, 0.6) is 0 Å². The number of carbonyl (C=O) groups is 2. The number of carbonyl (C=O) groups excluding carboxylic acids is 1. The van der Waals surface area contributed by atoms with Gasteiger partial charge in [-0.25, -0.2) is 4.79 Å². The zero-order chi connectivity index (χ0) is 24.8. The summed E-state index contributed by atoms with van der Waals surface area (Å²) < 4.78 is 10.8. The summed E-state index contributed by atoms with van der Waals surface area (Å²) in [6, 6.07) is 16.6. The average molecular weight is 478 g/mol. The normalized spacial score (nSPS) is 14.8. The first-order valence-electron chi connectivity index (χ1n) is 11.9. The van der Waals surface area contributed by atoms with E-state index in [1.807, 2.05) is 54.6 Å². The molecule has 8 heteroatoms. The number of amides is 1. The molecule has 2 atom stereocenters. The Morgan fingerprint density at radius 3 is 2.51 bits per heavy atom. The zero-order valence-electron chi connectivity index (χ0n) is 20.0. The Morgan fingerprint density at radius 1 is 1.14 bits per heavy atom. The van der Waals surface area contributed by atoms with Crippen molar-refractivity contribution in [2.24, 2.45) is 5.92 Å². The zero-order valence-corrected chi connectivity index (χ0v) is 20.0. The average Bonchev–Trinajstić information content (AvgIpc) is 3.61. The van der Waals surface area contributed by atoms with E-state index in [2.05, 4.69) is 15.8 Å². The monoisotopic (exact) mass is 477 g/mol. The molecule has 1 aliphatic rings. The van der Waals surface area contributed by atoms with E-state index < -0.39 is 24.2 Å². The van der Waals surface area contributed by atoms with E-state index in [0.29, 0.717) is 30.1 Å². The van der Waals surface area contributed by atoms with Crippen LogP contribution in [0.3, 0.4) is 0 Å². The van der Waals surface area contributed by atoms with Crippen LogP contribution in [0.2, 0.25) is 0 Å². The summed E-state index contributed by atoms with van der Waals surface area (Å²) in [5.41, 5.74) is 3.97. The number of anilines is 1. The summed E-state index contributed by atoms with van der Waals surface area (Å²) >= 11 is 0. The summed E-state index contributed by atoms with van der Waals surface area (Å²) in [5.74, 6) is 0.0996. The van der Waals surface area contributed by atoms with E-state index in [1.54, 1.807) is 13.8 Å². The van der Waals surface area contributed by atoms with Gasteiger partial charge in [0, 0.05) is 6.54 Å². The predicted octanol–water partition coefficient (Wildman–Crippen LogP) is 5.69. The maximum Gasteiger partial charge on any atom is 0.414 e. The molecule has 1 heterocycles. The van der Waals surface area contributed by atoms with Gasteiger partial charge < -0.3 is 19.7 Å². The number of hydrogen-bond donors (Lipinski definition) is 3. The van der Waals surface area contributed by atoms with Gasteiger partial charge in [-0.05, 0) is 49.3 Å². The number of rotatable bonds is 11.